The maximum absolute atomic E-state index is 6.28. The second-order valence-corrected chi connectivity index (χ2v) is 7.63. The number of methoxy groups -OCH3 is 1. The van der Waals surface area contributed by atoms with Crippen LogP contribution in [0.15, 0.2) is 89.3 Å². The van der Waals surface area contributed by atoms with Gasteiger partial charge in [0.25, 0.3) is 0 Å². The molecular weight excluding hydrogens is 424 g/mol. The van der Waals surface area contributed by atoms with Gasteiger partial charge in [0, 0.05) is 11.6 Å². The Labute approximate surface area is 201 Å². The van der Waals surface area contributed by atoms with E-state index in [1.165, 1.54) is 0 Å². The summed E-state index contributed by atoms with van der Waals surface area (Å²) in [6.45, 7) is 5.24. The largest absolute Gasteiger partial charge is 0.497 e. The number of ether oxygens (including phenoxy) is 3. The Bertz CT molecular complexity index is 1160. The standard InChI is InChI=1S/C30H29O4/c1-4-32-27-16-9-23(10-17-27)25-20-29(15-8-22-6-13-26(31-3)14-7-22)34-30(21-25)24-11-18-28(19-12-24)33-5-2/h6-21H,4-5H2,1-3H3/q+1. The lowest BCUT2D eigenvalue weighted by Gasteiger charge is -2.05. The first-order valence-corrected chi connectivity index (χ1v) is 11.4. The van der Waals surface area contributed by atoms with Crippen LogP contribution < -0.4 is 14.2 Å². The fourth-order valence-electron chi connectivity index (χ4n) is 3.60. The first-order chi connectivity index (χ1) is 16.7. The molecule has 4 aromatic rings. The molecule has 0 bridgehead atoms. The van der Waals surface area contributed by atoms with Crippen molar-refractivity contribution in [3.8, 4) is 39.7 Å². The van der Waals surface area contributed by atoms with Gasteiger partial charge in [-0.05, 0) is 79.6 Å². The Kier molecular flexibility index (Phi) is 7.61. The maximum atomic E-state index is 6.28. The van der Waals surface area contributed by atoms with Crippen molar-refractivity contribution in [2.45, 2.75) is 13.8 Å². The quantitative estimate of drug-likeness (QED) is 0.242. The van der Waals surface area contributed by atoms with Crippen LogP contribution in [0.1, 0.15) is 25.2 Å². The highest BCUT2D eigenvalue weighted by Gasteiger charge is 2.18. The van der Waals surface area contributed by atoms with Gasteiger partial charge in [-0.25, -0.2) is 4.42 Å². The van der Waals surface area contributed by atoms with Gasteiger partial charge in [0.05, 0.1) is 38.0 Å². The van der Waals surface area contributed by atoms with Crippen molar-refractivity contribution in [2.24, 2.45) is 0 Å². The van der Waals surface area contributed by atoms with Gasteiger partial charge in [0.15, 0.2) is 0 Å². The molecule has 0 unspecified atom stereocenters. The summed E-state index contributed by atoms with van der Waals surface area (Å²) in [4.78, 5) is 0. The molecule has 0 atom stereocenters. The second-order valence-electron chi connectivity index (χ2n) is 7.63. The lowest BCUT2D eigenvalue weighted by atomic mass is 10.0. The summed E-state index contributed by atoms with van der Waals surface area (Å²) in [5, 5.41) is 0. The molecule has 34 heavy (non-hydrogen) atoms. The highest BCUT2D eigenvalue weighted by atomic mass is 16.5. The van der Waals surface area contributed by atoms with Crippen LogP contribution in [0, 0.1) is 0 Å². The fourth-order valence-corrected chi connectivity index (χ4v) is 3.60. The van der Waals surface area contributed by atoms with Crippen molar-refractivity contribution >= 4 is 12.2 Å². The summed E-state index contributed by atoms with van der Waals surface area (Å²) in [5.41, 5.74) is 4.19. The first-order valence-electron chi connectivity index (χ1n) is 11.4. The number of benzene rings is 3. The average Bonchev–Trinajstić information content (AvgIpc) is 2.89. The summed E-state index contributed by atoms with van der Waals surface area (Å²) in [6.07, 6.45) is 4.01. The van der Waals surface area contributed by atoms with Crippen molar-refractivity contribution in [2.75, 3.05) is 20.3 Å². The molecular formula is C30H29O4+. The number of hydrogen-bond acceptors (Lipinski definition) is 3. The van der Waals surface area contributed by atoms with Crippen molar-refractivity contribution < 1.29 is 18.6 Å². The van der Waals surface area contributed by atoms with Crippen LogP contribution in [0.5, 0.6) is 17.2 Å². The molecule has 4 heteroatoms. The van der Waals surface area contributed by atoms with Crippen LogP contribution in [-0.2, 0) is 0 Å². The molecule has 0 saturated heterocycles. The smallest absolute Gasteiger partial charge is 0.361 e. The van der Waals surface area contributed by atoms with E-state index in [4.69, 9.17) is 18.6 Å². The van der Waals surface area contributed by atoms with Crippen LogP contribution >= 0.6 is 0 Å². The summed E-state index contributed by atoms with van der Waals surface area (Å²) < 4.78 is 22.7. The molecule has 0 spiro atoms. The van der Waals surface area contributed by atoms with E-state index in [1.54, 1.807) is 7.11 Å². The third kappa shape index (κ3) is 5.84. The van der Waals surface area contributed by atoms with Gasteiger partial charge in [-0.15, -0.1) is 0 Å². The molecule has 0 fully saturated rings. The molecule has 0 aliphatic carbocycles. The van der Waals surface area contributed by atoms with Crippen LogP contribution in [0.2, 0.25) is 0 Å². The number of hydrogen-bond donors (Lipinski definition) is 0. The molecule has 0 radical (unpaired) electrons. The van der Waals surface area contributed by atoms with Crippen LogP contribution in [0.3, 0.4) is 0 Å². The summed E-state index contributed by atoms with van der Waals surface area (Å²) in [6, 6.07) is 28.1. The topological polar surface area (TPSA) is 39.0 Å². The summed E-state index contributed by atoms with van der Waals surface area (Å²) >= 11 is 0. The molecule has 172 valence electrons. The predicted molar refractivity (Wildman–Crippen MR) is 138 cm³/mol. The van der Waals surface area contributed by atoms with Crippen molar-refractivity contribution in [3.05, 3.63) is 96.3 Å². The van der Waals surface area contributed by atoms with Gasteiger partial charge in [0.2, 0.25) is 0 Å². The van der Waals surface area contributed by atoms with Crippen LogP contribution in [-0.4, -0.2) is 20.3 Å². The molecule has 0 N–H and O–H groups in total. The summed E-state index contributed by atoms with van der Waals surface area (Å²) in [7, 11) is 1.67. The lowest BCUT2D eigenvalue weighted by Crippen LogP contribution is -1.91. The maximum Gasteiger partial charge on any atom is 0.361 e. The Morgan fingerprint density at radius 2 is 1.18 bits per heavy atom. The average molecular weight is 454 g/mol. The molecule has 0 amide bonds. The van der Waals surface area contributed by atoms with Crippen molar-refractivity contribution in [1.82, 2.24) is 0 Å². The van der Waals surface area contributed by atoms with E-state index >= 15 is 0 Å². The van der Waals surface area contributed by atoms with E-state index in [0.717, 1.165) is 51.0 Å². The van der Waals surface area contributed by atoms with E-state index in [1.807, 2.05) is 92.7 Å². The first kappa shape index (κ1) is 23.1. The molecule has 0 saturated carbocycles. The predicted octanol–water partition coefficient (Wildman–Crippen LogP) is 7.87. The minimum atomic E-state index is 0.636. The molecule has 1 aromatic heterocycles. The minimum Gasteiger partial charge on any atom is -0.497 e. The van der Waals surface area contributed by atoms with Gasteiger partial charge in [-0.3, -0.25) is 0 Å². The second kappa shape index (κ2) is 11.2. The molecule has 0 aliphatic rings. The lowest BCUT2D eigenvalue weighted by molar-refractivity contribution is 0.340. The Balaban J connectivity index is 1.71. The SMILES string of the molecule is CCOc1ccc(-c2cc(C=Cc3ccc(OC)cc3)[o+]c(-c3ccc(OCC)cc3)c2)cc1. The van der Waals surface area contributed by atoms with Crippen molar-refractivity contribution in [1.29, 1.82) is 0 Å². The third-order valence-electron chi connectivity index (χ3n) is 5.32. The van der Waals surface area contributed by atoms with E-state index in [9.17, 15) is 0 Å². The van der Waals surface area contributed by atoms with E-state index in [2.05, 4.69) is 18.2 Å². The van der Waals surface area contributed by atoms with Gasteiger partial charge < -0.3 is 14.2 Å². The van der Waals surface area contributed by atoms with E-state index < -0.39 is 0 Å². The van der Waals surface area contributed by atoms with Crippen LogP contribution in [0.4, 0.5) is 0 Å². The fraction of sp³-hybridized carbons (Fsp3) is 0.167. The zero-order valence-electron chi connectivity index (χ0n) is 19.8. The van der Waals surface area contributed by atoms with Crippen LogP contribution in [0.25, 0.3) is 34.6 Å². The Hall–Kier alpha value is -4.05. The summed E-state index contributed by atoms with van der Waals surface area (Å²) in [5.74, 6) is 4.07. The van der Waals surface area contributed by atoms with Gasteiger partial charge in [-0.2, -0.15) is 0 Å². The molecule has 1 heterocycles. The highest BCUT2D eigenvalue weighted by Crippen LogP contribution is 2.31. The molecule has 4 nitrogen and oxygen atoms in total. The third-order valence-corrected chi connectivity index (χ3v) is 5.32. The molecule has 0 aliphatic heterocycles. The zero-order chi connectivity index (χ0) is 23.8. The molecule has 3 aromatic carbocycles. The normalized spacial score (nSPS) is 10.9. The molecule has 4 rings (SSSR count). The Morgan fingerprint density at radius 3 is 1.74 bits per heavy atom. The highest BCUT2D eigenvalue weighted by molar-refractivity contribution is 5.75. The van der Waals surface area contributed by atoms with Gasteiger partial charge in [-0.1, -0.05) is 24.3 Å². The van der Waals surface area contributed by atoms with Gasteiger partial charge in [0.1, 0.15) is 17.2 Å². The van der Waals surface area contributed by atoms with E-state index in [-0.39, 0.29) is 0 Å². The monoisotopic (exact) mass is 453 g/mol. The van der Waals surface area contributed by atoms with Gasteiger partial charge >= 0.3 is 11.5 Å². The Morgan fingerprint density at radius 1 is 0.618 bits per heavy atom. The number of rotatable bonds is 9. The van der Waals surface area contributed by atoms with Crippen molar-refractivity contribution in [3.63, 3.8) is 0 Å². The van der Waals surface area contributed by atoms with E-state index in [0.29, 0.717) is 13.2 Å². The minimum absolute atomic E-state index is 0.636. The zero-order valence-corrected chi connectivity index (χ0v) is 19.8.